The van der Waals surface area contributed by atoms with Crippen molar-refractivity contribution in [2.75, 3.05) is 13.1 Å². The molecular weight excluding hydrogens is 258 g/mol. The summed E-state index contributed by atoms with van der Waals surface area (Å²) >= 11 is 0. The van der Waals surface area contributed by atoms with Crippen molar-refractivity contribution < 1.29 is 0 Å². The summed E-state index contributed by atoms with van der Waals surface area (Å²) in [6, 6.07) is 11.4. The molecule has 3 nitrogen and oxygen atoms in total. The van der Waals surface area contributed by atoms with Gasteiger partial charge >= 0.3 is 0 Å². The molecule has 0 amide bonds. The highest BCUT2D eigenvalue weighted by Crippen LogP contribution is 2.27. The molecule has 2 aromatic rings. The van der Waals surface area contributed by atoms with Crippen molar-refractivity contribution in [1.29, 1.82) is 0 Å². The smallest absolute Gasteiger partial charge is 0.0948 e. The maximum atomic E-state index is 4.24. The van der Waals surface area contributed by atoms with E-state index in [1.165, 1.54) is 37.2 Å². The Labute approximate surface area is 127 Å². The van der Waals surface area contributed by atoms with Crippen LogP contribution in [0.1, 0.15) is 37.1 Å². The summed E-state index contributed by atoms with van der Waals surface area (Å²) in [5, 5.41) is 0. The lowest BCUT2D eigenvalue weighted by Crippen LogP contribution is -2.38. The molecule has 0 saturated carbocycles. The minimum atomic E-state index is 0.512. The molecule has 3 rings (SSSR count). The zero-order valence-corrected chi connectivity index (χ0v) is 13.1. The molecule has 1 aliphatic heterocycles. The second kappa shape index (κ2) is 6.44. The number of nitrogens with zero attached hydrogens (tertiary/aromatic N) is 3. The molecule has 0 bridgehead atoms. The largest absolute Gasteiger partial charge is 0.335 e. The van der Waals surface area contributed by atoms with Gasteiger partial charge in [0.1, 0.15) is 0 Å². The van der Waals surface area contributed by atoms with E-state index in [2.05, 4.69) is 58.6 Å². The van der Waals surface area contributed by atoms with E-state index in [0.29, 0.717) is 6.04 Å². The van der Waals surface area contributed by atoms with Crippen LogP contribution < -0.4 is 0 Å². The van der Waals surface area contributed by atoms with E-state index in [4.69, 9.17) is 0 Å². The summed E-state index contributed by atoms with van der Waals surface area (Å²) in [7, 11) is 0. The van der Waals surface area contributed by atoms with Gasteiger partial charge < -0.3 is 4.57 Å². The Bertz CT molecular complexity index is 561. The van der Waals surface area contributed by atoms with Crippen LogP contribution in [-0.4, -0.2) is 27.5 Å². The molecule has 112 valence electrons. The third-order valence-electron chi connectivity index (χ3n) is 4.76. The lowest BCUT2D eigenvalue weighted by Gasteiger charge is -2.37. The van der Waals surface area contributed by atoms with Gasteiger partial charge in [-0.2, -0.15) is 0 Å². The number of hydrogen-bond acceptors (Lipinski definition) is 2. The minimum absolute atomic E-state index is 0.512. The third-order valence-corrected chi connectivity index (χ3v) is 4.76. The van der Waals surface area contributed by atoms with Crippen LogP contribution in [0.15, 0.2) is 42.9 Å². The maximum Gasteiger partial charge on any atom is 0.0948 e. The van der Waals surface area contributed by atoms with Crippen molar-refractivity contribution >= 4 is 0 Å². The molecule has 0 radical (unpaired) electrons. The average Bonchev–Trinajstić information content (AvgIpc) is 2.93. The molecule has 1 aliphatic rings. The SMILES string of the molecule is Cc1cncn1C[C@@H]1CCCN([C@H](C)c2ccccc2)C1. The fourth-order valence-corrected chi connectivity index (χ4v) is 3.40. The highest BCUT2D eigenvalue weighted by atomic mass is 15.2. The number of aryl methyl sites for hydroxylation is 1. The standard InChI is InChI=1S/C18H25N3/c1-15-11-19-14-21(15)13-17-7-6-10-20(12-17)16(2)18-8-4-3-5-9-18/h3-5,8-9,11,14,16-17H,6-7,10,12-13H2,1-2H3/t16-,17-/m1/s1. The van der Waals surface area contributed by atoms with Gasteiger partial charge in [0, 0.05) is 31.0 Å². The summed E-state index contributed by atoms with van der Waals surface area (Å²) in [5.41, 5.74) is 2.69. The van der Waals surface area contributed by atoms with Crippen LogP contribution in [-0.2, 0) is 6.54 Å². The number of rotatable bonds is 4. The molecule has 2 atom stereocenters. The van der Waals surface area contributed by atoms with Crippen molar-refractivity contribution in [3.8, 4) is 0 Å². The number of imidazole rings is 1. The van der Waals surface area contributed by atoms with E-state index in [1.807, 2.05) is 12.5 Å². The molecule has 3 heteroatoms. The quantitative estimate of drug-likeness (QED) is 0.853. The van der Waals surface area contributed by atoms with Gasteiger partial charge in [0.25, 0.3) is 0 Å². The Kier molecular flexibility index (Phi) is 4.39. The monoisotopic (exact) mass is 283 g/mol. The van der Waals surface area contributed by atoms with Crippen molar-refractivity contribution in [3.05, 3.63) is 54.1 Å². The highest BCUT2D eigenvalue weighted by molar-refractivity contribution is 5.18. The van der Waals surface area contributed by atoms with Gasteiger partial charge in [0.05, 0.1) is 6.33 Å². The zero-order valence-electron chi connectivity index (χ0n) is 13.1. The van der Waals surface area contributed by atoms with Gasteiger partial charge in [-0.05, 0) is 44.7 Å². The minimum Gasteiger partial charge on any atom is -0.335 e. The predicted molar refractivity (Wildman–Crippen MR) is 86.1 cm³/mol. The van der Waals surface area contributed by atoms with Crippen LogP contribution in [0.5, 0.6) is 0 Å². The van der Waals surface area contributed by atoms with Crippen LogP contribution in [0.2, 0.25) is 0 Å². The van der Waals surface area contributed by atoms with Gasteiger partial charge in [-0.1, -0.05) is 30.3 Å². The molecule has 0 aliphatic carbocycles. The first-order chi connectivity index (χ1) is 10.2. The second-order valence-electron chi connectivity index (χ2n) is 6.28. The second-order valence-corrected chi connectivity index (χ2v) is 6.28. The first kappa shape index (κ1) is 14.3. The third kappa shape index (κ3) is 3.35. The van der Waals surface area contributed by atoms with Gasteiger partial charge in [-0.25, -0.2) is 4.98 Å². The summed E-state index contributed by atoms with van der Waals surface area (Å²) in [6.45, 7) is 7.98. The number of likely N-dealkylation sites (tertiary alicyclic amines) is 1. The highest BCUT2D eigenvalue weighted by Gasteiger charge is 2.24. The first-order valence-corrected chi connectivity index (χ1v) is 8.00. The van der Waals surface area contributed by atoms with E-state index in [1.54, 1.807) is 0 Å². The van der Waals surface area contributed by atoms with Crippen LogP contribution >= 0.6 is 0 Å². The van der Waals surface area contributed by atoms with E-state index >= 15 is 0 Å². The summed E-state index contributed by atoms with van der Waals surface area (Å²) in [5.74, 6) is 0.734. The normalized spacial score (nSPS) is 21.3. The predicted octanol–water partition coefficient (Wildman–Crippen LogP) is 3.66. The van der Waals surface area contributed by atoms with Crippen LogP contribution in [0, 0.1) is 12.8 Å². The molecular formula is C18H25N3. The maximum absolute atomic E-state index is 4.24. The van der Waals surface area contributed by atoms with Crippen molar-refractivity contribution in [1.82, 2.24) is 14.5 Å². The van der Waals surface area contributed by atoms with E-state index in [-0.39, 0.29) is 0 Å². The zero-order chi connectivity index (χ0) is 14.7. The molecule has 0 N–H and O–H groups in total. The molecule has 0 unspecified atom stereocenters. The molecule has 1 aromatic carbocycles. The fourth-order valence-electron chi connectivity index (χ4n) is 3.40. The number of piperidine rings is 1. The Morgan fingerprint density at radius 2 is 2.10 bits per heavy atom. The van der Waals surface area contributed by atoms with Crippen LogP contribution in [0.25, 0.3) is 0 Å². The van der Waals surface area contributed by atoms with E-state index < -0.39 is 0 Å². The Morgan fingerprint density at radius 1 is 1.29 bits per heavy atom. The molecule has 1 aromatic heterocycles. The summed E-state index contributed by atoms with van der Waals surface area (Å²) in [4.78, 5) is 6.87. The van der Waals surface area contributed by atoms with Gasteiger partial charge in [-0.3, -0.25) is 4.90 Å². The molecule has 2 heterocycles. The lowest BCUT2D eigenvalue weighted by atomic mass is 9.95. The Hall–Kier alpha value is -1.61. The Morgan fingerprint density at radius 3 is 2.81 bits per heavy atom. The molecule has 21 heavy (non-hydrogen) atoms. The number of aromatic nitrogens is 2. The Balaban J connectivity index is 1.64. The van der Waals surface area contributed by atoms with Gasteiger partial charge in [-0.15, -0.1) is 0 Å². The topological polar surface area (TPSA) is 21.1 Å². The van der Waals surface area contributed by atoms with E-state index in [0.717, 1.165) is 12.5 Å². The molecule has 0 spiro atoms. The van der Waals surface area contributed by atoms with Crippen molar-refractivity contribution in [3.63, 3.8) is 0 Å². The summed E-state index contributed by atoms with van der Waals surface area (Å²) in [6.07, 6.45) is 6.55. The van der Waals surface area contributed by atoms with Crippen LogP contribution in [0.3, 0.4) is 0 Å². The average molecular weight is 283 g/mol. The first-order valence-electron chi connectivity index (χ1n) is 8.00. The van der Waals surface area contributed by atoms with Gasteiger partial charge in [0.15, 0.2) is 0 Å². The molecule has 1 saturated heterocycles. The number of hydrogen-bond donors (Lipinski definition) is 0. The van der Waals surface area contributed by atoms with Gasteiger partial charge in [0.2, 0.25) is 0 Å². The number of benzene rings is 1. The van der Waals surface area contributed by atoms with Crippen molar-refractivity contribution in [2.45, 2.75) is 39.3 Å². The lowest BCUT2D eigenvalue weighted by molar-refractivity contribution is 0.122. The summed E-state index contributed by atoms with van der Waals surface area (Å²) < 4.78 is 2.29. The van der Waals surface area contributed by atoms with Crippen LogP contribution in [0.4, 0.5) is 0 Å². The fraction of sp³-hybridized carbons (Fsp3) is 0.500. The molecule has 1 fully saturated rings. The van der Waals surface area contributed by atoms with E-state index in [9.17, 15) is 0 Å². The van der Waals surface area contributed by atoms with Crippen molar-refractivity contribution in [2.24, 2.45) is 5.92 Å².